The van der Waals surface area contributed by atoms with Crippen molar-refractivity contribution in [3.05, 3.63) is 34.3 Å². The minimum atomic E-state index is -0.213. The van der Waals surface area contributed by atoms with Gasteiger partial charge in [-0.1, -0.05) is 11.6 Å². The molecule has 21 heavy (non-hydrogen) atoms. The Hall–Kier alpha value is -1.59. The number of halogens is 1. The second kappa shape index (κ2) is 7.43. The molecule has 1 aromatic rings. The summed E-state index contributed by atoms with van der Waals surface area (Å²) in [5.74, 6) is -0.170. The van der Waals surface area contributed by atoms with Crippen LogP contribution in [0.3, 0.4) is 0 Å². The molecular formula is C15H19ClN2O3. The highest BCUT2D eigenvalue weighted by molar-refractivity contribution is 6.31. The Morgan fingerprint density at radius 3 is 2.67 bits per heavy atom. The second-order valence-corrected chi connectivity index (χ2v) is 5.45. The lowest BCUT2D eigenvalue weighted by Crippen LogP contribution is -2.42. The molecule has 1 heterocycles. The van der Waals surface area contributed by atoms with Crippen molar-refractivity contribution < 1.29 is 14.3 Å². The van der Waals surface area contributed by atoms with Gasteiger partial charge in [-0.15, -0.1) is 0 Å². The largest absolute Gasteiger partial charge is 0.378 e. The van der Waals surface area contributed by atoms with Crippen molar-refractivity contribution in [3.63, 3.8) is 0 Å². The van der Waals surface area contributed by atoms with Crippen LogP contribution in [0.2, 0.25) is 5.02 Å². The van der Waals surface area contributed by atoms with E-state index in [9.17, 15) is 9.59 Å². The van der Waals surface area contributed by atoms with Gasteiger partial charge in [0, 0.05) is 36.6 Å². The van der Waals surface area contributed by atoms with Crippen molar-refractivity contribution >= 4 is 23.4 Å². The van der Waals surface area contributed by atoms with E-state index in [2.05, 4.69) is 5.32 Å². The summed E-state index contributed by atoms with van der Waals surface area (Å²) in [6, 6.07) is 5.18. The number of benzene rings is 1. The molecule has 1 aliphatic heterocycles. The van der Waals surface area contributed by atoms with Gasteiger partial charge in [-0.3, -0.25) is 9.59 Å². The minimum absolute atomic E-state index is 0.0425. The highest BCUT2D eigenvalue weighted by atomic mass is 35.5. The van der Waals surface area contributed by atoms with E-state index < -0.39 is 0 Å². The normalized spacial score (nSPS) is 14.9. The predicted molar refractivity (Wildman–Crippen MR) is 80.5 cm³/mol. The van der Waals surface area contributed by atoms with Crippen LogP contribution in [-0.4, -0.2) is 49.6 Å². The van der Waals surface area contributed by atoms with Gasteiger partial charge in [0.2, 0.25) is 5.91 Å². The topological polar surface area (TPSA) is 58.6 Å². The van der Waals surface area contributed by atoms with E-state index in [1.54, 1.807) is 23.1 Å². The van der Waals surface area contributed by atoms with E-state index in [-0.39, 0.29) is 11.8 Å². The maximum Gasteiger partial charge on any atom is 0.251 e. The van der Waals surface area contributed by atoms with E-state index in [1.807, 2.05) is 6.92 Å². The van der Waals surface area contributed by atoms with Crippen LogP contribution in [0.4, 0.5) is 0 Å². The summed E-state index contributed by atoms with van der Waals surface area (Å²) in [5, 5.41) is 3.28. The molecule has 0 unspecified atom stereocenters. The second-order valence-electron chi connectivity index (χ2n) is 5.02. The van der Waals surface area contributed by atoms with E-state index >= 15 is 0 Å². The molecule has 0 spiro atoms. The minimum Gasteiger partial charge on any atom is -0.378 e. The van der Waals surface area contributed by atoms with Crippen LogP contribution < -0.4 is 5.32 Å². The van der Waals surface area contributed by atoms with Crippen molar-refractivity contribution in [1.82, 2.24) is 10.2 Å². The van der Waals surface area contributed by atoms with Crippen LogP contribution in [0.15, 0.2) is 18.2 Å². The number of carbonyl (C=O) groups is 2. The van der Waals surface area contributed by atoms with E-state index in [0.717, 1.165) is 5.56 Å². The first-order chi connectivity index (χ1) is 10.1. The van der Waals surface area contributed by atoms with E-state index in [0.29, 0.717) is 49.9 Å². The Morgan fingerprint density at radius 2 is 2.00 bits per heavy atom. The molecule has 2 rings (SSSR count). The summed E-state index contributed by atoms with van der Waals surface area (Å²) in [6.45, 7) is 4.62. The highest BCUT2D eigenvalue weighted by Gasteiger charge is 2.16. The zero-order valence-corrected chi connectivity index (χ0v) is 12.8. The summed E-state index contributed by atoms with van der Waals surface area (Å²) < 4.78 is 5.20. The van der Waals surface area contributed by atoms with Gasteiger partial charge in [-0.05, 0) is 30.7 Å². The predicted octanol–water partition coefficient (Wildman–Crippen LogP) is 1.63. The van der Waals surface area contributed by atoms with Crippen LogP contribution in [-0.2, 0) is 9.53 Å². The van der Waals surface area contributed by atoms with Crippen molar-refractivity contribution in [2.45, 2.75) is 13.3 Å². The molecule has 0 atom stereocenters. The molecule has 1 fully saturated rings. The standard InChI is InChI=1S/C15H19ClN2O3/c1-11-8-12(10-13(16)9-11)15(20)17-3-2-14(19)18-4-6-21-7-5-18/h8-10H,2-7H2,1H3,(H,17,20). The van der Waals surface area contributed by atoms with Crippen LogP contribution in [0.1, 0.15) is 22.3 Å². The number of ether oxygens (including phenoxy) is 1. The van der Waals surface area contributed by atoms with Gasteiger partial charge in [0.25, 0.3) is 5.91 Å². The third-order valence-corrected chi connectivity index (χ3v) is 3.51. The van der Waals surface area contributed by atoms with Gasteiger partial charge >= 0.3 is 0 Å². The Balaban J connectivity index is 1.79. The lowest BCUT2D eigenvalue weighted by molar-refractivity contribution is -0.135. The maximum atomic E-state index is 12.0. The number of carbonyl (C=O) groups excluding carboxylic acids is 2. The average molecular weight is 311 g/mol. The smallest absolute Gasteiger partial charge is 0.251 e. The SMILES string of the molecule is Cc1cc(Cl)cc(C(=O)NCCC(=O)N2CCOCC2)c1. The molecule has 1 aliphatic rings. The summed E-state index contributed by atoms with van der Waals surface area (Å²) in [7, 11) is 0. The lowest BCUT2D eigenvalue weighted by atomic mass is 10.1. The average Bonchev–Trinajstić information content (AvgIpc) is 2.47. The van der Waals surface area contributed by atoms with E-state index in [1.165, 1.54) is 0 Å². The van der Waals surface area contributed by atoms with Crippen molar-refractivity contribution in [2.75, 3.05) is 32.8 Å². The summed E-state index contributed by atoms with van der Waals surface area (Å²) in [4.78, 5) is 25.7. The van der Waals surface area contributed by atoms with Gasteiger partial charge < -0.3 is 15.0 Å². The number of hydrogen-bond donors (Lipinski definition) is 1. The van der Waals surface area contributed by atoms with Gasteiger partial charge in [0.1, 0.15) is 0 Å². The quantitative estimate of drug-likeness (QED) is 0.919. The third-order valence-electron chi connectivity index (χ3n) is 3.29. The lowest BCUT2D eigenvalue weighted by Gasteiger charge is -2.26. The number of nitrogens with one attached hydrogen (secondary N) is 1. The first kappa shape index (κ1) is 15.8. The fourth-order valence-electron chi connectivity index (χ4n) is 2.22. The Bertz CT molecular complexity index is 507. The first-order valence-electron chi connectivity index (χ1n) is 6.97. The molecule has 0 aliphatic carbocycles. The molecule has 0 bridgehead atoms. The van der Waals surface area contributed by atoms with Gasteiger partial charge in [-0.2, -0.15) is 0 Å². The number of morpholine rings is 1. The summed E-state index contributed by atoms with van der Waals surface area (Å²) >= 11 is 5.93. The fraction of sp³-hybridized carbons (Fsp3) is 0.467. The van der Waals surface area contributed by atoms with Crippen LogP contribution in [0.25, 0.3) is 0 Å². The van der Waals surface area contributed by atoms with Crippen molar-refractivity contribution in [1.29, 1.82) is 0 Å². The molecule has 1 N–H and O–H groups in total. The third kappa shape index (κ3) is 4.72. The van der Waals surface area contributed by atoms with Gasteiger partial charge in [0.05, 0.1) is 13.2 Å². The fourth-order valence-corrected chi connectivity index (χ4v) is 2.51. The summed E-state index contributed by atoms with van der Waals surface area (Å²) in [6.07, 6.45) is 0.297. The molecule has 0 saturated carbocycles. The Kier molecular flexibility index (Phi) is 5.59. The zero-order valence-electron chi connectivity index (χ0n) is 12.0. The molecule has 1 aromatic carbocycles. The number of nitrogens with zero attached hydrogens (tertiary/aromatic N) is 1. The van der Waals surface area contributed by atoms with Crippen LogP contribution in [0.5, 0.6) is 0 Å². The van der Waals surface area contributed by atoms with Gasteiger partial charge in [0.15, 0.2) is 0 Å². The van der Waals surface area contributed by atoms with Crippen molar-refractivity contribution in [2.24, 2.45) is 0 Å². The molecule has 0 aromatic heterocycles. The molecule has 114 valence electrons. The van der Waals surface area contributed by atoms with Crippen LogP contribution in [0, 0.1) is 6.92 Å². The molecule has 5 nitrogen and oxygen atoms in total. The molecule has 1 saturated heterocycles. The molecule has 6 heteroatoms. The number of hydrogen-bond acceptors (Lipinski definition) is 3. The molecule has 2 amide bonds. The van der Waals surface area contributed by atoms with Crippen molar-refractivity contribution in [3.8, 4) is 0 Å². The molecular weight excluding hydrogens is 292 g/mol. The highest BCUT2D eigenvalue weighted by Crippen LogP contribution is 2.14. The summed E-state index contributed by atoms with van der Waals surface area (Å²) in [5.41, 5.74) is 1.44. The molecule has 0 radical (unpaired) electrons. The number of amides is 2. The number of aryl methyl sites for hydroxylation is 1. The first-order valence-corrected chi connectivity index (χ1v) is 7.35. The maximum absolute atomic E-state index is 12.0. The zero-order chi connectivity index (χ0) is 15.2. The van der Waals surface area contributed by atoms with Crippen LogP contribution >= 0.6 is 11.6 Å². The number of rotatable bonds is 4. The Labute approximate surface area is 129 Å². The van der Waals surface area contributed by atoms with E-state index in [4.69, 9.17) is 16.3 Å². The van der Waals surface area contributed by atoms with Gasteiger partial charge in [-0.25, -0.2) is 0 Å². The monoisotopic (exact) mass is 310 g/mol. The Morgan fingerprint density at radius 1 is 1.29 bits per heavy atom.